The Bertz CT molecular complexity index is 444. The zero-order valence-electron chi connectivity index (χ0n) is 8.70. The predicted octanol–water partition coefficient (Wildman–Crippen LogP) is 2.30. The number of carboxylic acids is 1. The average molecular weight is 204 g/mol. The molecule has 0 atom stereocenters. The number of aryl methyl sites for hydroxylation is 1. The topological polar surface area (TPSA) is 54.4 Å². The number of aliphatic carboxylic acids is 1. The minimum absolute atomic E-state index is 0.0365. The molecule has 0 aliphatic carbocycles. The number of carboxylic acid groups (broad SMARTS) is 1. The summed E-state index contributed by atoms with van der Waals surface area (Å²) in [6.45, 7) is 6.71. The Labute approximate surface area is 88.0 Å². The summed E-state index contributed by atoms with van der Waals surface area (Å²) >= 11 is 0. The Morgan fingerprint density at radius 3 is 2.33 bits per heavy atom. The number of carbonyl (C=O) groups excluding carboxylic acids is 1. The highest BCUT2D eigenvalue weighted by atomic mass is 16.4. The number of rotatable bonds is 3. The van der Waals surface area contributed by atoms with Crippen molar-refractivity contribution in [1.82, 2.24) is 0 Å². The highest BCUT2D eigenvalue weighted by Gasteiger charge is 2.11. The number of hydrogen-bond donors (Lipinski definition) is 1. The van der Waals surface area contributed by atoms with Gasteiger partial charge in [-0.25, -0.2) is 4.79 Å². The van der Waals surface area contributed by atoms with E-state index in [1.807, 2.05) is 0 Å². The molecule has 0 aromatic heterocycles. The molecule has 3 nitrogen and oxygen atoms in total. The van der Waals surface area contributed by atoms with Gasteiger partial charge in [0.05, 0.1) is 5.57 Å². The van der Waals surface area contributed by atoms with Crippen LogP contribution in [0.4, 0.5) is 0 Å². The molecule has 0 fully saturated rings. The van der Waals surface area contributed by atoms with Crippen molar-refractivity contribution in [2.45, 2.75) is 13.8 Å². The Morgan fingerprint density at radius 1 is 1.33 bits per heavy atom. The van der Waals surface area contributed by atoms with Gasteiger partial charge in [0.1, 0.15) is 0 Å². The first kappa shape index (κ1) is 11.2. The summed E-state index contributed by atoms with van der Waals surface area (Å²) in [5, 5.41) is 8.77. The third-order valence-electron chi connectivity index (χ3n) is 2.22. The van der Waals surface area contributed by atoms with E-state index in [9.17, 15) is 9.59 Å². The van der Waals surface area contributed by atoms with Gasteiger partial charge in [0.15, 0.2) is 5.78 Å². The molecule has 0 bridgehead atoms. The maximum Gasteiger partial charge on any atom is 0.335 e. The van der Waals surface area contributed by atoms with Crippen molar-refractivity contribution < 1.29 is 14.7 Å². The van der Waals surface area contributed by atoms with E-state index >= 15 is 0 Å². The maximum absolute atomic E-state index is 11.1. The van der Waals surface area contributed by atoms with Crippen molar-refractivity contribution in [3.63, 3.8) is 0 Å². The molecule has 3 heteroatoms. The lowest BCUT2D eigenvalue weighted by Crippen LogP contribution is -2.01. The van der Waals surface area contributed by atoms with Crippen LogP contribution in [0.3, 0.4) is 0 Å². The third-order valence-corrected chi connectivity index (χ3v) is 2.22. The van der Waals surface area contributed by atoms with Gasteiger partial charge >= 0.3 is 5.97 Å². The Morgan fingerprint density at radius 2 is 1.93 bits per heavy atom. The van der Waals surface area contributed by atoms with Crippen LogP contribution in [0.15, 0.2) is 24.8 Å². The van der Waals surface area contributed by atoms with Gasteiger partial charge in [0, 0.05) is 5.56 Å². The molecule has 1 aromatic carbocycles. The molecule has 0 saturated heterocycles. The molecule has 0 spiro atoms. The fraction of sp³-hybridized carbons (Fsp3) is 0.167. The van der Waals surface area contributed by atoms with Crippen LogP contribution in [0.1, 0.15) is 28.4 Å². The van der Waals surface area contributed by atoms with Crippen LogP contribution < -0.4 is 0 Å². The van der Waals surface area contributed by atoms with Crippen molar-refractivity contribution in [2.75, 3.05) is 0 Å². The fourth-order valence-corrected chi connectivity index (χ4v) is 1.34. The largest absolute Gasteiger partial charge is 0.478 e. The first-order valence-electron chi connectivity index (χ1n) is 4.47. The molecule has 0 amide bonds. The zero-order valence-corrected chi connectivity index (χ0v) is 8.70. The summed E-state index contributed by atoms with van der Waals surface area (Å²) in [5.74, 6) is -1.08. The van der Waals surface area contributed by atoms with Crippen LogP contribution in [0, 0.1) is 6.92 Å². The number of Topliss-reactive ketones (excluding diaryl/α,β-unsaturated/α-hetero) is 1. The Kier molecular flexibility index (Phi) is 3.04. The highest BCUT2D eigenvalue weighted by Crippen LogP contribution is 2.19. The van der Waals surface area contributed by atoms with Crippen molar-refractivity contribution in [2.24, 2.45) is 0 Å². The van der Waals surface area contributed by atoms with E-state index in [2.05, 4.69) is 6.58 Å². The van der Waals surface area contributed by atoms with Crippen LogP contribution in [0.25, 0.3) is 5.57 Å². The summed E-state index contributed by atoms with van der Waals surface area (Å²) in [4.78, 5) is 21.8. The van der Waals surface area contributed by atoms with Gasteiger partial charge in [0.25, 0.3) is 0 Å². The molecule has 1 rings (SSSR count). The lowest BCUT2D eigenvalue weighted by Gasteiger charge is -2.06. The van der Waals surface area contributed by atoms with Crippen LogP contribution in [-0.2, 0) is 4.79 Å². The predicted molar refractivity (Wildman–Crippen MR) is 57.9 cm³/mol. The first-order valence-corrected chi connectivity index (χ1v) is 4.47. The van der Waals surface area contributed by atoms with E-state index in [1.54, 1.807) is 25.1 Å². The van der Waals surface area contributed by atoms with Crippen LogP contribution >= 0.6 is 0 Å². The Balaban J connectivity index is 3.19. The summed E-state index contributed by atoms with van der Waals surface area (Å²) < 4.78 is 0. The minimum atomic E-state index is -1.05. The van der Waals surface area contributed by atoms with E-state index in [4.69, 9.17) is 5.11 Å². The molecular formula is C12H12O3. The second-order valence-electron chi connectivity index (χ2n) is 3.37. The first-order chi connectivity index (χ1) is 6.93. The van der Waals surface area contributed by atoms with E-state index in [1.165, 1.54) is 6.92 Å². The second-order valence-corrected chi connectivity index (χ2v) is 3.37. The number of benzene rings is 1. The zero-order chi connectivity index (χ0) is 11.6. The summed E-state index contributed by atoms with van der Waals surface area (Å²) in [7, 11) is 0. The molecule has 0 saturated carbocycles. The van der Waals surface area contributed by atoms with Crippen LogP contribution in [0.2, 0.25) is 0 Å². The van der Waals surface area contributed by atoms with E-state index in [0.717, 1.165) is 5.56 Å². The van der Waals surface area contributed by atoms with Gasteiger partial charge in [-0.3, -0.25) is 4.79 Å². The van der Waals surface area contributed by atoms with Crippen molar-refractivity contribution in [1.29, 1.82) is 0 Å². The van der Waals surface area contributed by atoms with Gasteiger partial charge in [0.2, 0.25) is 0 Å². The van der Waals surface area contributed by atoms with Gasteiger partial charge in [-0.1, -0.05) is 18.7 Å². The van der Waals surface area contributed by atoms with Gasteiger partial charge < -0.3 is 5.11 Å². The molecule has 0 unspecified atom stereocenters. The third kappa shape index (κ3) is 2.31. The highest BCUT2D eigenvalue weighted by molar-refractivity contribution is 6.15. The molecule has 78 valence electrons. The average Bonchev–Trinajstić information content (AvgIpc) is 2.16. The monoisotopic (exact) mass is 204 g/mol. The van der Waals surface area contributed by atoms with Crippen LogP contribution in [0.5, 0.6) is 0 Å². The molecule has 0 heterocycles. The van der Waals surface area contributed by atoms with Crippen molar-refractivity contribution in [3.05, 3.63) is 41.5 Å². The number of ketones is 1. The summed E-state index contributed by atoms with van der Waals surface area (Å²) in [6, 6.07) is 4.90. The van der Waals surface area contributed by atoms with Gasteiger partial charge in [-0.05, 0) is 31.0 Å². The smallest absolute Gasteiger partial charge is 0.335 e. The quantitative estimate of drug-likeness (QED) is 0.607. The molecule has 0 radical (unpaired) electrons. The van der Waals surface area contributed by atoms with E-state index in [0.29, 0.717) is 11.1 Å². The summed E-state index contributed by atoms with van der Waals surface area (Å²) in [5.41, 5.74) is 1.93. The number of carbonyl (C=O) groups is 2. The molecule has 1 N–H and O–H groups in total. The molecular weight excluding hydrogens is 192 g/mol. The maximum atomic E-state index is 11.1. The van der Waals surface area contributed by atoms with Crippen molar-refractivity contribution in [3.8, 4) is 0 Å². The summed E-state index contributed by atoms with van der Waals surface area (Å²) in [6.07, 6.45) is 0. The Hall–Kier alpha value is -1.90. The van der Waals surface area contributed by atoms with Gasteiger partial charge in [-0.2, -0.15) is 0 Å². The minimum Gasteiger partial charge on any atom is -0.478 e. The molecule has 0 aliphatic heterocycles. The van der Waals surface area contributed by atoms with E-state index < -0.39 is 5.97 Å². The molecule has 15 heavy (non-hydrogen) atoms. The van der Waals surface area contributed by atoms with Crippen molar-refractivity contribution >= 4 is 17.3 Å². The van der Waals surface area contributed by atoms with E-state index in [-0.39, 0.29) is 11.4 Å². The lowest BCUT2D eigenvalue weighted by molar-refractivity contribution is -0.130. The molecule has 0 aliphatic rings. The number of hydrogen-bond acceptors (Lipinski definition) is 2. The normalized spacial score (nSPS) is 9.73. The van der Waals surface area contributed by atoms with Crippen LogP contribution in [-0.4, -0.2) is 16.9 Å². The molecule has 1 aromatic rings. The standard InChI is InChI=1S/C12H12O3/c1-7-6-10(9(3)13)4-5-11(7)8(2)12(14)15/h4-6H,2H2,1,3H3,(H,14,15). The lowest BCUT2D eigenvalue weighted by atomic mass is 9.98. The SMILES string of the molecule is C=C(C(=O)O)c1ccc(C(C)=O)cc1C. The van der Waals surface area contributed by atoms with Gasteiger partial charge in [-0.15, -0.1) is 0 Å². The second kappa shape index (κ2) is 4.09. The fourth-order valence-electron chi connectivity index (χ4n) is 1.34.